The van der Waals surface area contributed by atoms with E-state index in [-0.39, 0.29) is 6.79 Å². The fourth-order valence-corrected chi connectivity index (χ4v) is 3.15. The maximum atomic E-state index is 5.37. The van der Waals surface area contributed by atoms with Gasteiger partial charge in [0, 0.05) is 26.2 Å². The third-order valence-corrected chi connectivity index (χ3v) is 4.47. The highest BCUT2D eigenvalue weighted by Gasteiger charge is 2.17. The van der Waals surface area contributed by atoms with Gasteiger partial charge < -0.3 is 19.5 Å². The number of thiocarbonyl (C=S) groups is 1. The second kappa shape index (κ2) is 8.61. The van der Waals surface area contributed by atoms with Crippen LogP contribution in [0.3, 0.4) is 0 Å². The first-order valence-electron chi connectivity index (χ1n) is 7.68. The summed E-state index contributed by atoms with van der Waals surface area (Å²) in [7, 11) is 0. The van der Waals surface area contributed by atoms with Crippen molar-refractivity contribution in [2.45, 2.75) is 0 Å². The first-order chi connectivity index (χ1) is 11.7. The number of nitrogens with zero attached hydrogens (tertiary/aromatic N) is 2. The Labute approximate surface area is 154 Å². The Balaban J connectivity index is 1.41. The fourth-order valence-electron chi connectivity index (χ4n) is 2.42. The third-order valence-electron chi connectivity index (χ3n) is 3.65. The average Bonchev–Trinajstić information content (AvgIpc) is 3.05. The van der Waals surface area contributed by atoms with Crippen molar-refractivity contribution >= 4 is 39.5 Å². The molecule has 0 spiro atoms. The molecule has 2 heterocycles. The number of rotatable bonds is 5. The van der Waals surface area contributed by atoms with Crippen LogP contribution in [0.15, 0.2) is 21.7 Å². The van der Waals surface area contributed by atoms with E-state index in [1.165, 1.54) is 0 Å². The van der Waals surface area contributed by atoms with Crippen LogP contribution in [0.4, 0.5) is 0 Å². The molecule has 0 amide bonds. The van der Waals surface area contributed by atoms with Gasteiger partial charge in [-0.25, -0.2) is 0 Å². The van der Waals surface area contributed by atoms with Crippen molar-refractivity contribution in [2.24, 2.45) is 5.10 Å². The smallest absolute Gasteiger partial charge is 0.231 e. The van der Waals surface area contributed by atoms with E-state index in [2.05, 4.69) is 36.7 Å². The Kier molecular flexibility index (Phi) is 6.24. The maximum absolute atomic E-state index is 5.37. The van der Waals surface area contributed by atoms with Crippen molar-refractivity contribution in [1.82, 2.24) is 15.6 Å². The second-order valence-corrected chi connectivity index (χ2v) is 6.58. The van der Waals surface area contributed by atoms with Gasteiger partial charge in [-0.1, -0.05) is 0 Å². The third kappa shape index (κ3) is 4.79. The number of hydrazone groups is 1. The molecule has 0 radical (unpaired) electrons. The van der Waals surface area contributed by atoms with Gasteiger partial charge in [0.2, 0.25) is 6.79 Å². The van der Waals surface area contributed by atoms with Crippen LogP contribution in [0.1, 0.15) is 5.56 Å². The minimum atomic E-state index is 0.240. The van der Waals surface area contributed by atoms with Crippen molar-refractivity contribution in [2.75, 3.05) is 46.2 Å². The number of ether oxygens (including phenoxy) is 3. The summed E-state index contributed by atoms with van der Waals surface area (Å²) in [4.78, 5) is 2.34. The zero-order valence-electron chi connectivity index (χ0n) is 13.1. The van der Waals surface area contributed by atoms with Crippen LogP contribution in [0.5, 0.6) is 11.5 Å². The number of morpholine rings is 1. The first-order valence-corrected chi connectivity index (χ1v) is 8.88. The van der Waals surface area contributed by atoms with Crippen LogP contribution >= 0.6 is 28.1 Å². The summed E-state index contributed by atoms with van der Waals surface area (Å²) in [5.41, 5.74) is 3.70. The van der Waals surface area contributed by atoms with Gasteiger partial charge in [0.1, 0.15) is 0 Å². The molecule has 2 aliphatic heterocycles. The Bertz CT molecular complexity index is 623. The van der Waals surface area contributed by atoms with E-state index in [0.717, 1.165) is 55.2 Å². The topological polar surface area (TPSA) is 67.4 Å². The molecule has 2 N–H and O–H groups in total. The van der Waals surface area contributed by atoms with Gasteiger partial charge in [-0.15, -0.1) is 0 Å². The van der Waals surface area contributed by atoms with E-state index in [0.29, 0.717) is 10.9 Å². The van der Waals surface area contributed by atoms with E-state index in [1.807, 2.05) is 12.1 Å². The Morgan fingerprint density at radius 3 is 3.00 bits per heavy atom. The maximum Gasteiger partial charge on any atom is 0.231 e. The number of halogens is 1. The SMILES string of the molecule is S=C(NCCN1CCOCC1)N/N=C\c1cc(Br)c2c(c1)OCO2. The molecule has 130 valence electrons. The highest BCUT2D eigenvalue weighted by Crippen LogP contribution is 2.39. The molecule has 0 aromatic heterocycles. The van der Waals surface area contributed by atoms with Crippen LogP contribution in [-0.2, 0) is 4.74 Å². The molecular weight excluding hydrogens is 396 g/mol. The Hall–Kier alpha value is -1.42. The highest BCUT2D eigenvalue weighted by atomic mass is 79.9. The van der Waals surface area contributed by atoms with Crippen LogP contribution in [0.25, 0.3) is 0 Å². The van der Waals surface area contributed by atoms with Crippen LogP contribution in [-0.4, -0.2) is 62.4 Å². The molecular formula is C15H19BrN4O3S. The molecule has 2 aliphatic rings. The molecule has 0 bridgehead atoms. The summed E-state index contributed by atoms with van der Waals surface area (Å²) < 4.78 is 16.9. The van der Waals surface area contributed by atoms with Gasteiger partial charge in [-0.2, -0.15) is 5.10 Å². The van der Waals surface area contributed by atoms with E-state index in [4.69, 9.17) is 26.4 Å². The molecule has 1 saturated heterocycles. The number of hydrogen-bond donors (Lipinski definition) is 2. The lowest BCUT2D eigenvalue weighted by atomic mass is 10.2. The predicted octanol–water partition coefficient (Wildman–Crippen LogP) is 1.31. The normalized spacial score (nSPS) is 17.2. The number of benzene rings is 1. The summed E-state index contributed by atoms with van der Waals surface area (Å²) >= 11 is 8.66. The van der Waals surface area contributed by atoms with Gasteiger partial charge in [0.05, 0.1) is 23.9 Å². The summed E-state index contributed by atoms with van der Waals surface area (Å²) in [6.45, 7) is 5.50. The predicted molar refractivity (Wildman–Crippen MR) is 98.9 cm³/mol. The standard InChI is InChI=1S/C15H19BrN4O3S/c16-12-7-11(8-13-14(12)23-10-22-13)9-18-19-15(24)17-1-2-20-3-5-21-6-4-20/h7-9H,1-6,10H2,(H2,17,19,24)/b18-9-. The monoisotopic (exact) mass is 414 g/mol. The summed E-state index contributed by atoms with van der Waals surface area (Å²) in [6, 6.07) is 3.78. The van der Waals surface area contributed by atoms with Crippen molar-refractivity contribution in [1.29, 1.82) is 0 Å². The van der Waals surface area contributed by atoms with Gasteiger partial charge in [-0.05, 0) is 45.8 Å². The zero-order valence-corrected chi connectivity index (χ0v) is 15.5. The van der Waals surface area contributed by atoms with Crippen molar-refractivity contribution in [3.63, 3.8) is 0 Å². The first kappa shape index (κ1) is 17.4. The van der Waals surface area contributed by atoms with Crippen LogP contribution in [0.2, 0.25) is 0 Å². The van der Waals surface area contributed by atoms with E-state index in [9.17, 15) is 0 Å². The molecule has 7 nitrogen and oxygen atoms in total. The molecule has 0 atom stereocenters. The average molecular weight is 415 g/mol. The minimum Gasteiger partial charge on any atom is -0.454 e. The Morgan fingerprint density at radius 1 is 1.33 bits per heavy atom. The van der Waals surface area contributed by atoms with E-state index >= 15 is 0 Å². The van der Waals surface area contributed by atoms with Crippen LogP contribution in [0, 0.1) is 0 Å². The Morgan fingerprint density at radius 2 is 2.17 bits per heavy atom. The molecule has 0 saturated carbocycles. The number of hydrogen-bond acceptors (Lipinski definition) is 6. The zero-order chi connectivity index (χ0) is 16.8. The molecule has 24 heavy (non-hydrogen) atoms. The molecule has 1 aromatic rings. The molecule has 1 aromatic carbocycles. The quantitative estimate of drug-likeness (QED) is 0.427. The van der Waals surface area contributed by atoms with Crippen molar-refractivity contribution < 1.29 is 14.2 Å². The van der Waals surface area contributed by atoms with Gasteiger partial charge in [0.25, 0.3) is 0 Å². The van der Waals surface area contributed by atoms with Gasteiger partial charge >= 0.3 is 0 Å². The lowest BCUT2D eigenvalue weighted by molar-refractivity contribution is 0.0389. The van der Waals surface area contributed by atoms with E-state index < -0.39 is 0 Å². The fraction of sp³-hybridized carbons (Fsp3) is 0.467. The molecule has 0 aliphatic carbocycles. The number of nitrogens with one attached hydrogen (secondary N) is 2. The van der Waals surface area contributed by atoms with Crippen molar-refractivity contribution in [3.8, 4) is 11.5 Å². The summed E-state index contributed by atoms with van der Waals surface area (Å²) in [6.07, 6.45) is 1.68. The molecule has 1 fully saturated rings. The molecule has 3 rings (SSSR count). The van der Waals surface area contributed by atoms with Crippen LogP contribution < -0.4 is 20.2 Å². The molecule has 9 heteroatoms. The lowest BCUT2D eigenvalue weighted by Crippen LogP contribution is -2.42. The highest BCUT2D eigenvalue weighted by molar-refractivity contribution is 9.10. The second-order valence-electron chi connectivity index (χ2n) is 5.32. The van der Waals surface area contributed by atoms with Gasteiger partial charge in [-0.3, -0.25) is 10.3 Å². The summed E-state index contributed by atoms with van der Waals surface area (Å²) in [5.74, 6) is 1.43. The van der Waals surface area contributed by atoms with Crippen molar-refractivity contribution in [3.05, 3.63) is 22.2 Å². The number of fused-ring (bicyclic) bond motifs is 1. The molecule has 0 unspecified atom stereocenters. The minimum absolute atomic E-state index is 0.240. The lowest BCUT2D eigenvalue weighted by Gasteiger charge is -2.26. The van der Waals surface area contributed by atoms with E-state index in [1.54, 1.807) is 6.21 Å². The summed E-state index contributed by atoms with van der Waals surface area (Å²) in [5, 5.41) is 7.78. The largest absolute Gasteiger partial charge is 0.454 e. The van der Waals surface area contributed by atoms with Gasteiger partial charge in [0.15, 0.2) is 16.6 Å².